The fourth-order valence-electron chi connectivity index (χ4n) is 1.24. The van der Waals surface area contributed by atoms with Crippen LogP contribution in [0.2, 0.25) is 0 Å². The van der Waals surface area contributed by atoms with Crippen molar-refractivity contribution < 1.29 is 4.79 Å². The van der Waals surface area contributed by atoms with Crippen LogP contribution in [0.25, 0.3) is 0 Å². The summed E-state index contributed by atoms with van der Waals surface area (Å²) < 4.78 is 0. The van der Waals surface area contributed by atoms with E-state index in [-0.39, 0.29) is 5.91 Å². The Balaban J connectivity index is 2.22. The molecule has 4 heteroatoms. The number of hydrogen-bond acceptors (Lipinski definition) is 3. The van der Waals surface area contributed by atoms with Gasteiger partial charge >= 0.3 is 0 Å². The summed E-state index contributed by atoms with van der Waals surface area (Å²) in [4.78, 5) is 11.4. The Hall–Kier alpha value is -0.220. The largest absolute Gasteiger partial charge is 0.353 e. The van der Waals surface area contributed by atoms with E-state index in [2.05, 4.69) is 5.32 Å². The molecule has 0 aromatic carbocycles. The van der Waals surface area contributed by atoms with Crippen LogP contribution in [0.5, 0.6) is 0 Å². The third kappa shape index (κ3) is 3.56. The molecule has 3 nitrogen and oxygen atoms in total. The molecule has 13 heavy (non-hydrogen) atoms. The van der Waals surface area contributed by atoms with E-state index in [1.807, 2.05) is 11.8 Å². The quantitative estimate of drug-likeness (QED) is 0.709. The van der Waals surface area contributed by atoms with Crippen LogP contribution < -0.4 is 11.1 Å². The Morgan fingerprint density at radius 2 is 2.38 bits per heavy atom. The average Bonchev–Trinajstić information content (AvgIpc) is 2.50. The second-order valence-corrected chi connectivity index (χ2v) is 5.47. The lowest BCUT2D eigenvalue weighted by molar-refractivity contribution is -0.125. The highest BCUT2D eigenvalue weighted by molar-refractivity contribution is 8.00. The van der Waals surface area contributed by atoms with Crippen LogP contribution in [0.1, 0.15) is 26.7 Å². The number of carbonyl (C=O) groups is 1. The summed E-state index contributed by atoms with van der Waals surface area (Å²) in [6.45, 7) is 4.22. The predicted molar refractivity (Wildman–Crippen MR) is 56.8 cm³/mol. The molecular formula is C9H18N2OS. The lowest BCUT2D eigenvalue weighted by Gasteiger charge is -2.19. The van der Waals surface area contributed by atoms with Crippen LogP contribution in [0.15, 0.2) is 0 Å². The topological polar surface area (TPSA) is 55.1 Å². The van der Waals surface area contributed by atoms with Crippen molar-refractivity contribution in [3.8, 4) is 0 Å². The molecule has 0 unspecified atom stereocenters. The molecule has 0 saturated carbocycles. The number of nitrogens with one attached hydrogen (secondary N) is 1. The zero-order valence-electron chi connectivity index (χ0n) is 8.30. The first-order valence-electron chi connectivity index (χ1n) is 4.69. The number of rotatable bonds is 3. The fourth-order valence-corrected chi connectivity index (χ4v) is 2.44. The molecule has 0 aromatic rings. The third-order valence-corrected chi connectivity index (χ3v) is 3.50. The van der Waals surface area contributed by atoms with Gasteiger partial charge in [0.25, 0.3) is 0 Å². The molecule has 1 heterocycles. The summed E-state index contributed by atoms with van der Waals surface area (Å²) >= 11 is 1.94. The lowest BCUT2D eigenvalue weighted by atomic mass is 10.1. The van der Waals surface area contributed by atoms with Crippen LogP contribution >= 0.6 is 11.8 Å². The minimum Gasteiger partial charge on any atom is -0.353 e. The summed E-state index contributed by atoms with van der Waals surface area (Å²) in [5.41, 5.74) is 4.90. The lowest BCUT2D eigenvalue weighted by Crippen LogP contribution is -2.50. The van der Waals surface area contributed by atoms with E-state index in [1.54, 1.807) is 13.8 Å². The predicted octanol–water partition coefficient (Wildman–Crippen LogP) is 0.735. The molecule has 3 N–H and O–H groups in total. The van der Waals surface area contributed by atoms with Crippen molar-refractivity contribution in [1.29, 1.82) is 0 Å². The van der Waals surface area contributed by atoms with Crippen LogP contribution in [-0.2, 0) is 4.79 Å². The first-order chi connectivity index (χ1) is 6.00. The van der Waals surface area contributed by atoms with E-state index in [9.17, 15) is 4.79 Å². The van der Waals surface area contributed by atoms with Gasteiger partial charge in [0.05, 0.1) is 5.54 Å². The molecule has 76 valence electrons. The van der Waals surface area contributed by atoms with Gasteiger partial charge in [0.2, 0.25) is 5.91 Å². The van der Waals surface area contributed by atoms with E-state index in [1.165, 1.54) is 18.6 Å². The average molecular weight is 202 g/mol. The van der Waals surface area contributed by atoms with Gasteiger partial charge < -0.3 is 11.1 Å². The zero-order valence-corrected chi connectivity index (χ0v) is 9.12. The second kappa shape index (κ2) is 4.33. The Labute approximate surface area is 83.8 Å². The molecule has 0 bridgehead atoms. The fraction of sp³-hybridized carbons (Fsp3) is 0.889. The van der Waals surface area contributed by atoms with E-state index in [0.29, 0.717) is 5.25 Å². The van der Waals surface area contributed by atoms with Crippen LogP contribution in [-0.4, -0.2) is 29.0 Å². The first kappa shape index (κ1) is 10.9. The first-order valence-corrected chi connectivity index (χ1v) is 5.74. The van der Waals surface area contributed by atoms with Gasteiger partial charge in [0.15, 0.2) is 0 Å². The van der Waals surface area contributed by atoms with Crippen molar-refractivity contribution in [2.75, 3.05) is 12.3 Å². The number of amides is 1. The molecule has 1 atom stereocenters. The maximum atomic E-state index is 11.4. The molecule has 0 aliphatic carbocycles. The van der Waals surface area contributed by atoms with Crippen molar-refractivity contribution in [3.05, 3.63) is 0 Å². The van der Waals surface area contributed by atoms with Gasteiger partial charge in [-0.05, 0) is 32.4 Å². The highest BCUT2D eigenvalue weighted by atomic mass is 32.2. The van der Waals surface area contributed by atoms with E-state index >= 15 is 0 Å². The molecule has 0 radical (unpaired) electrons. The van der Waals surface area contributed by atoms with Crippen molar-refractivity contribution in [1.82, 2.24) is 5.32 Å². The van der Waals surface area contributed by atoms with E-state index in [0.717, 1.165) is 6.54 Å². The summed E-state index contributed by atoms with van der Waals surface area (Å²) in [7, 11) is 0. The molecule has 0 spiro atoms. The van der Waals surface area contributed by atoms with Crippen molar-refractivity contribution in [2.45, 2.75) is 37.5 Å². The van der Waals surface area contributed by atoms with Gasteiger partial charge in [0, 0.05) is 11.8 Å². The van der Waals surface area contributed by atoms with Crippen LogP contribution in [0.4, 0.5) is 0 Å². The monoisotopic (exact) mass is 202 g/mol. The van der Waals surface area contributed by atoms with Crippen molar-refractivity contribution >= 4 is 17.7 Å². The minimum absolute atomic E-state index is 0.0556. The van der Waals surface area contributed by atoms with Gasteiger partial charge in [-0.1, -0.05) is 0 Å². The summed E-state index contributed by atoms with van der Waals surface area (Å²) in [5, 5.41) is 3.48. The van der Waals surface area contributed by atoms with E-state index < -0.39 is 5.54 Å². The maximum absolute atomic E-state index is 11.4. The number of hydrogen-bond donors (Lipinski definition) is 2. The number of thioether (sulfide) groups is 1. The van der Waals surface area contributed by atoms with Crippen LogP contribution in [0, 0.1) is 0 Å². The summed E-state index contributed by atoms with van der Waals surface area (Å²) in [6.07, 6.45) is 2.49. The molecule has 1 aliphatic heterocycles. The van der Waals surface area contributed by atoms with E-state index in [4.69, 9.17) is 5.73 Å². The van der Waals surface area contributed by atoms with Crippen molar-refractivity contribution in [2.24, 2.45) is 5.73 Å². The molecule has 1 aliphatic rings. The standard InChI is InChI=1S/C9H18N2OS/c1-9(2,10)8(12)11-6-7-4-3-5-13-7/h7H,3-6,10H2,1-2H3,(H,11,12)/t7-/m0/s1. The third-order valence-electron chi connectivity index (χ3n) is 2.10. The molecular weight excluding hydrogens is 184 g/mol. The van der Waals surface area contributed by atoms with Gasteiger partial charge in [-0.3, -0.25) is 4.79 Å². The Morgan fingerprint density at radius 3 is 2.85 bits per heavy atom. The maximum Gasteiger partial charge on any atom is 0.239 e. The molecule has 1 rings (SSSR count). The van der Waals surface area contributed by atoms with Gasteiger partial charge in [0.1, 0.15) is 0 Å². The summed E-state index contributed by atoms with van der Waals surface area (Å²) in [6, 6.07) is 0. The molecule has 0 aromatic heterocycles. The van der Waals surface area contributed by atoms with Crippen molar-refractivity contribution in [3.63, 3.8) is 0 Å². The highest BCUT2D eigenvalue weighted by Gasteiger charge is 2.23. The Morgan fingerprint density at radius 1 is 1.69 bits per heavy atom. The Bertz CT molecular complexity index is 183. The van der Waals surface area contributed by atoms with Gasteiger partial charge in [-0.15, -0.1) is 0 Å². The molecule has 1 saturated heterocycles. The summed E-state index contributed by atoms with van der Waals surface area (Å²) in [5.74, 6) is 1.17. The molecule has 1 fully saturated rings. The van der Waals surface area contributed by atoms with Crippen LogP contribution in [0.3, 0.4) is 0 Å². The Kier molecular flexibility index (Phi) is 3.62. The van der Waals surface area contributed by atoms with Gasteiger partial charge in [-0.2, -0.15) is 11.8 Å². The highest BCUT2D eigenvalue weighted by Crippen LogP contribution is 2.25. The number of carbonyl (C=O) groups excluding carboxylic acids is 1. The number of nitrogens with two attached hydrogens (primary N) is 1. The minimum atomic E-state index is -0.747. The smallest absolute Gasteiger partial charge is 0.239 e. The van der Waals surface area contributed by atoms with Gasteiger partial charge in [-0.25, -0.2) is 0 Å². The zero-order chi connectivity index (χ0) is 9.90. The SMILES string of the molecule is CC(C)(N)C(=O)NC[C@@H]1CCCS1. The second-order valence-electron chi connectivity index (χ2n) is 4.07. The normalized spacial score (nSPS) is 23.2. The molecule has 1 amide bonds.